The first kappa shape index (κ1) is 23.9. The molecule has 0 fully saturated rings. The van der Waals surface area contributed by atoms with E-state index < -0.39 is 29.6 Å². The number of thiophene rings is 1. The van der Waals surface area contributed by atoms with Crippen molar-refractivity contribution in [2.75, 3.05) is 5.32 Å². The Bertz CT molecular complexity index is 811. The zero-order valence-corrected chi connectivity index (χ0v) is 16.8. The van der Waals surface area contributed by atoms with Crippen molar-refractivity contribution >= 4 is 41.2 Å². The maximum Gasteiger partial charge on any atom is 0.416 e. The highest BCUT2D eigenvalue weighted by atomic mass is 35.5. The molecule has 154 valence electrons. The molecule has 2 aromatic rings. The highest BCUT2D eigenvalue weighted by Gasteiger charge is 2.32. The molecule has 4 N–H and O–H groups in total. The van der Waals surface area contributed by atoms with E-state index in [2.05, 4.69) is 10.6 Å². The minimum absolute atomic E-state index is 0. The van der Waals surface area contributed by atoms with E-state index in [1.54, 1.807) is 31.4 Å². The number of alkyl halides is 3. The fourth-order valence-electron chi connectivity index (χ4n) is 2.42. The Morgan fingerprint density at radius 1 is 1.21 bits per heavy atom. The molecule has 28 heavy (non-hydrogen) atoms. The standard InChI is InChI=1S/C18H20F3N3O2S.ClH/c1-10(2)15(24-16(25)14-4-3-5-27-14)17(26)23-13-7-11(9-22)6-12(8-13)18(19,20)21;/h3-8,10,15H,9,22H2,1-2H3,(H,23,26)(H,24,25);1H. The molecule has 0 aliphatic rings. The first-order chi connectivity index (χ1) is 12.6. The van der Waals surface area contributed by atoms with E-state index >= 15 is 0 Å². The molecule has 1 atom stereocenters. The summed E-state index contributed by atoms with van der Waals surface area (Å²) in [6.45, 7) is 3.36. The number of hydrogen-bond acceptors (Lipinski definition) is 4. The largest absolute Gasteiger partial charge is 0.416 e. The number of carbonyl (C=O) groups excluding carboxylic acids is 2. The zero-order valence-electron chi connectivity index (χ0n) is 15.2. The van der Waals surface area contributed by atoms with Crippen molar-refractivity contribution in [2.24, 2.45) is 11.7 Å². The van der Waals surface area contributed by atoms with Gasteiger partial charge in [-0.3, -0.25) is 9.59 Å². The summed E-state index contributed by atoms with van der Waals surface area (Å²) < 4.78 is 39.1. The topological polar surface area (TPSA) is 84.2 Å². The molecule has 2 rings (SSSR count). The highest BCUT2D eigenvalue weighted by molar-refractivity contribution is 7.12. The number of halogens is 4. The molecule has 0 saturated heterocycles. The highest BCUT2D eigenvalue weighted by Crippen LogP contribution is 2.32. The summed E-state index contributed by atoms with van der Waals surface area (Å²) in [5, 5.41) is 6.81. The van der Waals surface area contributed by atoms with Crippen molar-refractivity contribution in [1.29, 1.82) is 0 Å². The lowest BCUT2D eigenvalue weighted by atomic mass is 10.0. The van der Waals surface area contributed by atoms with Crippen LogP contribution in [0.4, 0.5) is 18.9 Å². The molecule has 0 spiro atoms. The van der Waals surface area contributed by atoms with Crippen LogP contribution in [0.15, 0.2) is 35.7 Å². The minimum Gasteiger partial charge on any atom is -0.339 e. The van der Waals surface area contributed by atoms with Crippen LogP contribution >= 0.6 is 23.7 Å². The van der Waals surface area contributed by atoms with Crippen LogP contribution in [0.5, 0.6) is 0 Å². The van der Waals surface area contributed by atoms with Gasteiger partial charge in [-0.2, -0.15) is 13.2 Å². The summed E-state index contributed by atoms with van der Waals surface area (Å²) in [4.78, 5) is 25.2. The molecule has 0 aliphatic heterocycles. The molecule has 1 unspecified atom stereocenters. The van der Waals surface area contributed by atoms with Crippen LogP contribution in [0.3, 0.4) is 0 Å². The third-order valence-electron chi connectivity index (χ3n) is 3.80. The third kappa shape index (κ3) is 6.22. The quantitative estimate of drug-likeness (QED) is 0.640. The fourth-order valence-corrected chi connectivity index (χ4v) is 3.05. The average Bonchev–Trinajstić information content (AvgIpc) is 3.12. The van der Waals surface area contributed by atoms with Crippen LogP contribution in [-0.2, 0) is 17.5 Å². The van der Waals surface area contributed by atoms with E-state index in [-0.39, 0.29) is 36.1 Å². The van der Waals surface area contributed by atoms with E-state index in [0.29, 0.717) is 4.88 Å². The molecule has 0 radical (unpaired) electrons. The van der Waals surface area contributed by atoms with Crippen molar-refractivity contribution in [3.8, 4) is 0 Å². The van der Waals surface area contributed by atoms with Gasteiger partial charge in [-0.25, -0.2) is 0 Å². The number of anilines is 1. The number of amides is 2. The summed E-state index contributed by atoms with van der Waals surface area (Å²) in [5.41, 5.74) is 4.77. The molecule has 0 saturated carbocycles. The molecule has 1 aromatic heterocycles. The van der Waals surface area contributed by atoms with Gasteiger partial charge < -0.3 is 16.4 Å². The summed E-state index contributed by atoms with van der Waals surface area (Å²) in [5.74, 6) is -1.28. The predicted molar refractivity (Wildman–Crippen MR) is 106 cm³/mol. The Kier molecular flexibility index (Phi) is 8.47. The van der Waals surface area contributed by atoms with E-state index in [1.165, 1.54) is 17.4 Å². The van der Waals surface area contributed by atoms with Gasteiger partial charge >= 0.3 is 6.18 Å². The molecule has 5 nitrogen and oxygen atoms in total. The summed E-state index contributed by atoms with van der Waals surface area (Å²) in [7, 11) is 0. The van der Waals surface area contributed by atoms with Gasteiger partial charge in [0, 0.05) is 12.2 Å². The molecule has 1 heterocycles. The van der Waals surface area contributed by atoms with Crippen molar-refractivity contribution in [1.82, 2.24) is 5.32 Å². The van der Waals surface area contributed by atoms with Crippen LogP contribution in [0.1, 0.15) is 34.6 Å². The zero-order chi connectivity index (χ0) is 20.2. The second kappa shape index (κ2) is 9.90. The maximum atomic E-state index is 13.0. The van der Waals surface area contributed by atoms with Crippen molar-refractivity contribution in [3.05, 3.63) is 51.7 Å². The second-order valence-electron chi connectivity index (χ2n) is 6.28. The van der Waals surface area contributed by atoms with Gasteiger partial charge in [0.25, 0.3) is 5.91 Å². The third-order valence-corrected chi connectivity index (χ3v) is 4.67. The number of benzene rings is 1. The van der Waals surface area contributed by atoms with Gasteiger partial charge in [0.15, 0.2) is 0 Å². The summed E-state index contributed by atoms with van der Waals surface area (Å²) in [6.07, 6.45) is -4.56. The molecular formula is C18H21ClF3N3O2S. The lowest BCUT2D eigenvalue weighted by molar-refractivity contribution is -0.137. The van der Waals surface area contributed by atoms with Gasteiger partial charge in [0.2, 0.25) is 5.91 Å². The second-order valence-corrected chi connectivity index (χ2v) is 7.23. The number of carbonyl (C=O) groups is 2. The van der Waals surface area contributed by atoms with Crippen molar-refractivity contribution < 1.29 is 22.8 Å². The number of rotatable bonds is 6. The van der Waals surface area contributed by atoms with E-state index in [4.69, 9.17) is 5.73 Å². The Labute approximate surface area is 170 Å². The Balaban J connectivity index is 0.00000392. The smallest absolute Gasteiger partial charge is 0.339 e. The van der Waals surface area contributed by atoms with E-state index in [1.807, 2.05) is 0 Å². The number of nitrogens with one attached hydrogen (secondary N) is 2. The average molecular weight is 436 g/mol. The maximum absolute atomic E-state index is 13.0. The van der Waals surface area contributed by atoms with Gasteiger partial charge in [-0.15, -0.1) is 23.7 Å². The SMILES string of the molecule is CC(C)C(NC(=O)c1cccs1)C(=O)Nc1cc(CN)cc(C(F)(F)F)c1.Cl. The monoisotopic (exact) mass is 435 g/mol. The predicted octanol–water partition coefficient (Wildman–Crippen LogP) is 4.04. The van der Waals surface area contributed by atoms with Crippen molar-refractivity contribution in [2.45, 2.75) is 32.6 Å². The Morgan fingerprint density at radius 2 is 1.89 bits per heavy atom. The Hall–Kier alpha value is -2.10. The first-order valence-corrected chi connectivity index (χ1v) is 9.06. The molecule has 0 bridgehead atoms. The lowest BCUT2D eigenvalue weighted by Crippen LogP contribution is -2.47. The molecular weight excluding hydrogens is 415 g/mol. The van der Waals surface area contributed by atoms with E-state index in [9.17, 15) is 22.8 Å². The van der Waals surface area contributed by atoms with Gasteiger partial charge in [0.1, 0.15) is 6.04 Å². The molecule has 10 heteroatoms. The molecule has 1 aromatic carbocycles. The molecule has 0 aliphatic carbocycles. The van der Waals surface area contributed by atoms with Crippen LogP contribution in [0.2, 0.25) is 0 Å². The normalized spacial score (nSPS) is 12.2. The van der Waals surface area contributed by atoms with Gasteiger partial charge in [-0.1, -0.05) is 19.9 Å². The number of hydrogen-bond donors (Lipinski definition) is 3. The van der Waals surface area contributed by atoms with E-state index in [0.717, 1.165) is 12.1 Å². The Morgan fingerprint density at radius 3 is 2.39 bits per heavy atom. The number of nitrogens with two attached hydrogens (primary N) is 1. The lowest BCUT2D eigenvalue weighted by Gasteiger charge is -2.22. The van der Waals surface area contributed by atoms with Crippen LogP contribution < -0.4 is 16.4 Å². The van der Waals surface area contributed by atoms with Gasteiger partial charge in [-0.05, 0) is 41.1 Å². The first-order valence-electron chi connectivity index (χ1n) is 8.18. The van der Waals surface area contributed by atoms with Crippen molar-refractivity contribution in [3.63, 3.8) is 0 Å². The van der Waals surface area contributed by atoms with Gasteiger partial charge in [0.05, 0.1) is 10.4 Å². The minimum atomic E-state index is -4.56. The van der Waals surface area contributed by atoms with Crippen LogP contribution in [-0.4, -0.2) is 17.9 Å². The molecule has 2 amide bonds. The van der Waals surface area contributed by atoms with Crippen LogP contribution in [0.25, 0.3) is 0 Å². The van der Waals surface area contributed by atoms with Crippen LogP contribution in [0, 0.1) is 5.92 Å². The summed E-state index contributed by atoms with van der Waals surface area (Å²) >= 11 is 1.23. The summed E-state index contributed by atoms with van der Waals surface area (Å²) in [6, 6.07) is 5.59. The fraction of sp³-hybridized carbons (Fsp3) is 0.333.